The number of epoxide rings is 1. The van der Waals surface area contributed by atoms with Crippen molar-refractivity contribution >= 4 is 0 Å². The Morgan fingerprint density at radius 1 is 1.56 bits per heavy atom. The molecule has 0 bridgehead atoms. The predicted molar refractivity (Wildman–Crippen MR) is 32.9 cm³/mol. The van der Waals surface area contributed by atoms with E-state index < -0.39 is 0 Å². The van der Waals surface area contributed by atoms with E-state index in [0.717, 1.165) is 12.3 Å². The van der Waals surface area contributed by atoms with Gasteiger partial charge in [-0.1, -0.05) is 6.07 Å². The molecule has 0 spiro atoms. The molecule has 0 unspecified atom stereocenters. The number of nitrogens with zero attached hydrogens (tertiary/aromatic N) is 1. The molecule has 0 amide bonds. The van der Waals surface area contributed by atoms with Crippen molar-refractivity contribution in [2.75, 3.05) is 6.61 Å². The Balaban J connectivity index is 2.29. The minimum atomic E-state index is 0.297. The molecule has 0 aromatic carbocycles. The molecular weight excluding hydrogens is 114 g/mol. The van der Waals surface area contributed by atoms with E-state index in [1.165, 1.54) is 0 Å². The van der Waals surface area contributed by atoms with Gasteiger partial charge in [-0.2, -0.15) is 0 Å². The van der Waals surface area contributed by atoms with Gasteiger partial charge in [0.2, 0.25) is 0 Å². The molecule has 1 aromatic rings. The molecule has 1 aliphatic heterocycles. The first-order valence-corrected chi connectivity index (χ1v) is 2.99. The maximum Gasteiger partial charge on any atom is 0.123 e. The Kier molecular flexibility index (Phi) is 0.993. The standard InChI is InChI=1S/C7H7NO/c1-2-4-8-6(3-1)7-5-9-7/h1-4,7H,5H2/t7-/m0/s1. The van der Waals surface area contributed by atoms with Gasteiger partial charge in [0, 0.05) is 6.20 Å². The SMILES string of the molecule is c1ccc([C@@H]2CO2)nc1. The molecule has 46 valence electrons. The monoisotopic (exact) mass is 121 g/mol. The quantitative estimate of drug-likeness (QED) is 0.521. The minimum absolute atomic E-state index is 0.297. The van der Waals surface area contributed by atoms with Gasteiger partial charge in [-0.05, 0) is 12.1 Å². The average molecular weight is 121 g/mol. The molecule has 2 heteroatoms. The van der Waals surface area contributed by atoms with Crippen molar-refractivity contribution in [1.82, 2.24) is 4.98 Å². The molecule has 0 N–H and O–H groups in total. The van der Waals surface area contributed by atoms with E-state index in [1.807, 2.05) is 18.2 Å². The summed E-state index contributed by atoms with van der Waals surface area (Å²) in [4.78, 5) is 4.12. The van der Waals surface area contributed by atoms with Crippen LogP contribution in [0, 0.1) is 0 Å². The van der Waals surface area contributed by atoms with Gasteiger partial charge in [-0.25, -0.2) is 0 Å². The van der Waals surface area contributed by atoms with Crippen LogP contribution in [0.4, 0.5) is 0 Å². The van der Waals surface area contributed by atoms with Crippen molar-refractivity contribution in [3.63, 3.8) is 0 Å². The number of aromatic nitrogens is 1. The fourth-order valence-corrected chi connectivity index (χ4v) is 0.785. The number of rotatable bonds is 1. The second-order valence-corrected chi connectivity index (χ2v) is 2.08. The van der Waals surface area contributed by atoms with E-state index in [9.17, 15) is 0 Å². The highest BCUT2D eigenvalue weighted by Crippen LogP contribution is 2.26. The summed E-state index contributed by atoms with van der Waals surface area (Å²) in [6.45, 7) is 0.844. The molecule has 1 atom stereocenters. The summed E-state index contributed by atoms with van der Waals surface area (Å²) >= 11 is 0. The third-order valence-electron chi connectivity index (χ3n) is 1.35. The first-order valence-electron chi connectivity index (χ1n) is 2.99. The zero-order valence-electron chi connectivity index (χ0n) is 4.95. The zero-order chi connectivity index (χ0) is 6.10. The van der Waals surface area contributed by atoms with Crippen LogP contribution in [-0.2, 0) is 4.74 Å². The van der Waals surface area contributed by atoms with Gasteiger partial charge in [-0.3, -0.25) is 4.98 Å². The van der Waals surface area contributed by atoms with Gasteiger partial charge in [0.15, 0.2) is 0 Å². The fourth-order valence-electron chi connectivity index (χ4n) is 0.785. The predicted octanol–water partition coefficient (Wildman–Crippen LogP) is 1.15. The van der Waals surface area contributed by atoms with Crippen LogP contribution in [0.15, 0.2) is 24.4 Å². The lowest BCUT2D eigenvalue weighted by Crippen LogP contribution is -1.82. The Morgan fingerprint density at radius 3 is 3.00 bits per heavy atom. The molecule has 1 aromatic heterocycles. The van der Waals surface area contributed by atoms with Crippen molar-refractivity contribution in [2.45, 2.75) is 6.10 Å². The van der Waals surface area contributed by atoms with Crippen molar-refractivity contribution in [3.05, 3.63) is 30.1 Å². The van der Waals surface area contributed by atoms with E-state index in [-0.39, 0.29) is 0 Å². The van der Waals surface area contributed by atoms with Gasteiger partial charge in [-0.15, -0.1) is 0 Å². The van der Waals surface area contributed by atoms with E-state index >= 15 is 0 Å². The largest absolute Gasteiger partial charge is 0.366 e. The Labute approximate surface area is 53.5 Å². The summed E-state index contributed by atoms with van der Waals surface area (Å²) in [5.41, 5.74) is 1.05. The average Bonchev–Trinajstić information content (AvgIpc) is 2.71. The number of pyridine rings is 1. The smallest absolute Gasteiger partial charge is 0.123 e. The summed E-state index contributed by atoms with van der Waals surface area (Å²) in [6.07, 6.45) is 2.09. The third-order valence-corrected chi connectivity index (χ3v) is 1.35. The van der Waals surface area contributed by atoms with E-state index in [4.69, 9.17) is 4.74 Å². The molecule has 2 nitrogen and oxygen atoms in total. The van der Waals surface area contributed by atoms with Crippen LogP contribution in [0.25, 0.3) is 0 Å². The lowest BCUT2D eigenvalue weighted by Gasteiger charge is -1.88. The minimum Gasteiger partial charge on any atom is -0.366 e. The second kappa shape index (κ2) is 1.81. The van der Waals surface area contributed by atoms with E-state index in [1.54, 1.807) is 6.20 Å². The first-order chi connectivity index (χ1) is 4.47. The zero-order valence-corrected chi connectivity index (χ0v) is 4.95. The van der Waals surface area contributed by atoms with E-state index in [2.05, 4.69) is 4.98 Å². The van der Waals surface area contributed by atoms with Crippen molar-refractivity contribution < 1.29 is 4.74 Å². The fraction of sp³-hybridized carbons (Fsp3) is 0.286. The Morgan fingerprint density at radius 2 is 2.44 bits per heavy atom. The second-order valence-electron chi connectivity index (χ2n) is 2.08. The highest BCUT2D eigenvalue weighted by molar-refractivity contribution is 5.09. The van der Waals surface area contributed by atoms with Crippen LogP contribution < -0.4 is 0 Å². The maximum absolute atomic E-state index is 5.03. The molecule has 0 aliphatic carbocycles. The van der Waals surface area contributed by atoms with Gasteiger partial charge in [0.05, 0.1) is 12.3 Å². The summed E-state index contributed by atoms with van der Waals surface area (Å²) < 4.78 is 5.03. The summed E-state index contributed by atoms with van der Waals surface area (Å²) in [5.74, 6) is 0. The summed E-state index contributed by atoms with van der Waals surface area (Å²) in [6, 6.07) is 5.87. The number of ether oxygens (including phenoxy) is 1. The van der Waals surface area contributed by atoms with Crippen LogP contribution in [0.1, 0.15) is 11.8 Å². The van der Waals surface area contributed by atoms with Crippen LogP contribution in [0.5, 0.6) is 0 Å². The van der Waals surface area contributed by atoms with Crippen molar-refractivity contribution in [2.24, 2.45) is 0 Å². The van der Waals surface area contributed by atoms with E-state index in [0.29, 0.717) is 6.10 Å². The van der Waals surface area contributed by atoms with Crippen LogP contribution >= 0.6 is 0 Å². The molecule has 1 aliphatic rings. The Hall–Kier alpha value is -0.890. The maximum atomic E-state index is 5.03. The molecule has 9 heavy (non-hydrogen) atoms. The number of hydrogen-bond acceptors (Lipinski definition) is 2. The van der Waals surface area contributed by atoms with Gasteiger partial charge in [0.1, 0.15) is 6.10 Å². The molecule has 2 heterocycles. The third kappa shape index (κ3) is 0.933. The lowest BCUT2D eigenvalue weighted by atomic mass is 10.3. The molecule has 2 rings (SSSR count). The molecule has 0 radical (unpaired) electrons. The van der Waals surface area contributed by atoms with Crippen molar-refractivity contribution in [1.29, 1.82) is 0 Å². The first kappa shape index (κ1) is 4.94. The molecule has 1 saturated heterocycles. The number of hydrogen-bond donors (Lipinski definition) is 0. The Bertz CT molecular complexity index is 193. The highest BCUT2D eigenvalue weighted by atomic mass is 16.6. The lowest BCUT2D eigenvalue weighted by molar-refractivity contribution is 0.411. The molecular formula is C7H7NO. The summed E-state index contributed by atoms with van der Waals surface area (Å²) in [5, 5.41) is 0. The van der Waals surface area contributed by atoms with Gasteiger partial charge < -0.3 is 4.74 Å². The normalized spacial score (nSPS) is 23.8. The van der Waals surface area contributed by atoms with Crippen molar-refractivity contribution in [3.8, 4) is 0 Å². The highest BCUT2D eigenvalue weighted by Gasteiger charge is 2.25. The summed E-state index contributed by atoms with van der Waals surface area (Å²) in [7, 11) is 0. The topological polar surface area (TPSA) is 25.4 Å². The van der Waals surface area contributed by atoms with Gasteiger partial charge >= 0.3 is 0 Å². The van der Waals surface area contributed by atoms with Gasteiger partial charge in [0.25, 0.3) is 0 Å². The van der Waals surface area contributed by atoms with Crippen LogP contribution in [-0.4, -0.2) is 11.6 Å². The molecule has 0 saturated carbocycles. The molecule has 1 fully saturated rings. The van der Waals surface area contributed by atoms with Crippen LogP contribution in [0.3, 0.4) is 0 Å². The van der Waals surface area contributed by atoms with Crippen LogP contribution in [0.2, 0.25) is 0 Å².